The summed E-state index contributed by atoms with van der Waals surface area (Å²) in [7, 11) is 0. The minimum absolute atomic E-state index is 0.0237. The number of carbonyl (C=O) groups is 3. The van der Waals surface area contributed by atoms with Crippen molar-refractivity contribution >= 4 is 23.7 Å². The van der Waals surface area contributed by atoms with Gasteiger partial charge in [0, 0.05) is 19.2 Å². The quantitative estimate of drug-likeness (QED) is 0.569. The summed E-state index contributed by atoms with van der Waals surface area (Å²) in [6, 6.07) is 2.16. The third-order valence-electron chi connectivity index (χ3n) is 4.58. The molecule has 190 valence electrons. The molecule has 0 aliphatic carbocycles. The number of anilines is 1. The summed E-state index contributed by atoms with van der Waals surface area (Å²) in [6.45, 7) is 7.56. The lowest BCUT2D eigenvalue weighted by atomic mass is 10.1. The van der Waals surface area contributed by atoms with Gasteiger partial charge in [0.1, 0.15) is 5.60 Å². The van der Waals surface area contributed by atoms with E-state index in [2.05, 4.69) is 15.3 Å². The zero-order chi connectivity index (χ0) is 26.1. The number of hydrogen-bond donors (Lipinski definition) is 0. The molecule has 2 aromatic heterocycles. The van der Waals surface area contributed by atoms with Gasteiger partial charge in [-0.25, -0.2) is 9.48 Å². The second-order valence-corrected chi connectivity index (χ2v) is 8.79. The summed E-state index contributed by atoms with van der Waals surface area (Å²) >= 11 is 0. The van der Waals surface area contributed by atoms with E-state index in [1.54, 1.807) is 27.7 Å². The number of esters is 2. The van der Waals surface area contributed by atoms with Gasteiger partial charge in [-0.3, -0.25) is 14.5 Å². The highest BCUT2D eigenvalue weighted by atomic mass is 19.4. The first-order valence-corrected chi connectivity index (χ1v) is 10.5. The average Bonchev–Trinajstić information content (AvgIpc) is 3.22. The first kappa shape index (κ1) is 26.1. The molecule has 0 saturated carbocycles. The van der Waals surface area contributed by atoms with E-state index in [9.17, 15) is 27.6 Å². The number of ether oxygens (including phenoxy) is 3. The van der Waals surface area contributed by atoms with Crippen molar-refractivity contribution < 1.29 is 41.8 Å². The summed E-state index contributed by atoms with van der Waals surface area (Å²) in [5, 5.41) is 10.6. The average molecular weight is 499 g/mol. The Morgan fingerprint density at radius 1 is 1.26 bits per heavy atom. The predicted octanol–water partition coefficient (Wildman–Crippen LogP) is 2.07. The first-order chi connectivity index (χ1) is 16.2. The van der Waals surface area contributed by atoms with Crippen LogP contribution in [0.3, 0.4) is 0 Å². The molecule has 3 atom stereocenters. The molecule has 0 spiro atoms. The van der Waals surface area contributed by atoms with Gasteiger partial charge in [-0.2, -0.15) is 18.3 Å². The Balaban J connectivity index is 1.90. The molecule has 3 rings (SSSR count). The number of carbonyl (C=O) groups excluding carboxylic acids is 3. The monoisotopic (exact) mass is 499 g/mol. The molecule has 2 aromatic rings. The van der Waals surface area contributed by atoms with Gasteiger partial charge in [0.05, 0.1) is 24.5 Å². The van der Waals surface area contributed by atoms with E-state index in [4.69, 9.17) is 14.2 Å². The lowest BCUT2D eigenvalue weighted by Crippen LogP contribution is -2.58. The van der Waals surface area contributed by atoms with Crippen molar-refractivity contribution in [3.05, 3.63) is 30.2 Å². The van der Waals surface area contributed by atoms with Crippen LogP contribution in [0.15, 0.2) is 24.5 Å². The highest BCUT2D eigenvalue weighted by Gasteiger charge is 2.46. The molecule has 0 radical (unpaired) electrons. The highest BCUT2D eigenvalue weighted by Crippen LogP contribution is 2.29. The van der Waals surface area contributed by atoms with Gasteiger partial charge in [-0.15, -0.1) is 10.2 Å². The van der Waals surface area contributed by atoms with E-state index in [0.717, 1.165) is 23.9 Å². The normalized spacial score (nSPS) is 19.9. The molecule has 0 aromatic carbocycles. The second-order valence-electron chi connectivity index (χ2n) is 8.79. The Morgan fingerprint density at radius 3 is 2.54 bits per heavy atom. The van der Waals surface area contributed by atoms with Crippen LogP contribution in [0.2, 0.25) is 0 Å². The van der Waals surface area contributed by atoms with Crippen LogP contribution in [0.4, 0.5) is 19.0 Å². The number of halogens is 3. The van der Waals surface area contributed by atoms with Crippen molar-refractivity contribution in [3.63, 3.8) is 0 Å². The van der Waals surface area contributed by atoms with Crippen molar-refractivity contribution in [2.45, 2.75) is 64.7 Å². The molecular weight excluding hydrogens is 475 g/mol. The largest absolute Gasteiger partial charge is 0.457 e. The van der Waals surface area contributed by atoms with Crippen LogP contribution in [-0.4, -0.2) is 68.3 Å². The molecule has 0 bridgehead atoms. The van der Waals surface area contributed by atoms with E-state index >= 15 is 0 Å². The lowest BCUT2D eigenvalue weighted by molar-refractivity contribution is -0.191. The van der Waals surface area contributed by atoms with Gasteiger partial charge in [0.15, 0.2) is 17.6 Å². The van der Waals surface area contributed by atoms with Gasteiger partial charge < -0.3 is 14.2 Å². The number of rotatable bonds is 5. The maximum Gasteiger partial charge on any atom is 0.435 e. The highest BCUT2D eigenvalue weighted by molar-refractivity contribution is 6.00. The Hall–Kier alpha value is -3.55. The van der Waals surface area contributed by atoms with Gasteiger partial charge in [0.25, 0.3) is 5.91 Å². The number of nitrogens with zero attached hydrogens (tertiary/aromatic N) is 5. The van der Waals surface area contributed by atoms with Crippen LogP contribution in [-0.2, 0) is 34.8 Å². The SMILES string of the molecule is CC(=O)O[C@@H](C(=O)OC(C)(C)C)[C@H]1O[C@@H](C)CN(c2ccn(-c3cnnc(C(F)(F)F)c3)n2)C1=O. The number of alkyl halides is 3. The van der Waals surface area contributed by atoms with E-state index < -0.39 is 53.6 Å². The second kappa shape index (κ2) is 9.60. The molecule has 1 saturated heterocycles. The van der Waals surface area contributed by atoms with E-state index in [1.807, 2.05) is 0 Å². The van der Waals surface area contributed by atoms with Gasteiger partial charge in [-0.05, 0) is 33.8 Å². The fourth-order valence-electron chi connectivity index (χ4n) is 3.25. The van der Waals surface area contributed by atoms with Crippen LogP contribution in [0.25, 0.3) is 5.69 Å². The van der Waals surface area contributed by atoms with Crippen LogP contribution in [0, 0.1) is 0 Å². The molecule has 0 unspecified atom stereocenters. The molecule has 35 heavy (non-hydrogen) atoms. The summed E-state index contributed by atoms with van der Waals surface area (Å²) < 4.78 is 56.1. The predicted molar refractivity (Wildman–Crippen MR) is 112 cm³/mol. The maximum absolute atomic E-state index is 13.3. The van der Waals surface area contributed by atoms with Crippen LogP contribution in [0.5, 0.6) is 0 Å². The van der Waals surface area contributed by atoms with Gasteiger partial charge in [0.2, 0.25) is 6.10 Å². The summed E-state index contributed by atoms with van der Waals surface area (Å²) in [5.41, 5.74) is -2.16. The van der Waals surface area contributed by atoms with Crippen LogP contribution >= 0.6 is 0 Å². The van der Waals surface area contributed by atoms with Gasteiger partial charge >= 0.3 is 18.1 Å². The van der Waals surface area contributed by atoms with Crippen molar-refractivity contribution in [1.29, 1.82) is 0 Å². The fourth-order valence-corrected chi connectivity index (χ4v) is 3.25. The minimum Gasteiger partial charge on any atom is -0.457 e. The molecule has 1 aliphatic rings. The Bertz CT molecular complexity index is 1110. The van der Waals surface area contributed by atoms with Crippen LogP contribution in [0.1, 0.15) is 40.3 Å². The molecule has 1 fully saturated rings. The van der Waals surface area contributed by atoms with Crippen molar-refractivity contribution in [2.75, 3.05) is 11.4 Å². The molecular formula is C21H24F3N5O6. The van der Waals surface area contributed by atoms with Crippen molar-refractivity contribution in [1.82, 2.24) is 20.0 Å². The molecule has 3 heterocycles. The third kappa shape index (κ3) is 6.32. The third-order valence-corrected chi connectivity index (χ3v) is 4.58. The molecule has 11 nitrogen and oxygen atoms in total. The summed E-state index contributed by atoms with van der Waals surface area (Å²) in [6.07, 6.45) is -6.09. The van der Waals surface area contributed by atoms with Crippen molar-refractivity contribution in [2.24, 2.45) is 0 Å². The van der Waals surface area contributed by atoms with Crippen molar-refractivity contribution in [3.8, 4) is 5.69 Å². The molecule has 14 heteroatoms. The summed E-state index contributed by atoms with van der Waals surface area (Å²) in [5.74, 6) is -2.45. The number of amides is 1. The Morgan fingerprint density at radius 2 is 1.94 bits per heavy atom. The summed E-state index contributed by atoms with van der Waals surface area (Å²) in [4.78, 5) is 38.8. The minimum atomic E-state index is -4.70. The topological polar surface area (TPSA) is 126 Å². The molecule has 1 aliphatic heterocycles. The Labute approximate surface area is 198 Å². The van der Waals surface area contributed by atoms with E-state index in [1.165, 1.54) is 17.2 Å². The standard InChI is InChI=1S/C21H24F3N5O6/c1-11-10-28(15-6-7-29(27-15)13-8-14(21(22,23)24)26-25-9-13)18(31)16(33-11)17(34-12(2)30)19(32)35-20(3,4)5/h6-9,11,16-17H,10H2,1-5H3/t11-,16+,17+/m0/s1. The zero-order valence-electron chi connectivity index (χ0n) is 19.6. The first-order valence-electron chi connectivity index (χ1n) is 10.5. The maximum atomic E-state index is 13.3. The Kier molecular flexibility index (Phi) is 7.15. The van der Waals surface area contributed by atoms with E-state index in [-0.39, 0.29) is 18.1 Å². The smallest absolute Gasteiger partial charge is 0.435 e. The molecule has 1 amide bonds. The van der Waals surface area contributed by atoms with Gasteiger partial charge in [-0.1, -0.05) is 0 Å². The fraction of sp³-hybridized carbons (Fsp3) is 0.524. The number of aromatic nitrogens is 4. The molecule has 0 N–H and O–H groups in total. The van der Waals surface area contributed by atoms with Crippen LogP contribution < -0.4 is 4.90 Å². The van der Waals surface area contributed by atoms with E-state index in [0.29, 0.717) is 0 Å². The number of hydrogen-bond acceptors (Lipinski definition) is 9. The number of morpholine rings is 1. The lowest BCUT2D eigenvalue weighted by Gasteiger charge is -2.37. The zero-order valence-corrected chi connectivity index (χ0v) is 19.6.